The van der Waals surface area contributed by atoms with Gasteiger partial charge in [0, 0.05) is 12.1 Å². The van der Waals surface area contributed by atoms with Crippen molar-refractivity contribution in [2.75, 3.05) is 20.3 Å². The number of aliphatic hydroxyl groups is 1. The van der Waals surface area contributed by atoms with Crippen molar-refractivity contribution in [2.24, 2.45) is 0 Å². The molecule has 210 valence electrons. The highest BCUT2D eigenvalue weighted by atomic mass is 16.7. The van der Waals surface area contributed by atoms with Crippen LogP contribution in [0.5, 0.6) is 5.75 Å². The van der Waals surface area contributed by atoms with Crippen LogP contribution in [0.15, 0.2) is 96.7 Å². The van der Waals surface area contributed by atoms with Gasteiger partial charge in [0.05, 0.1) is 32.5 Å². The first-order valence-corrected chi connectivity index (χ1v) is 12.9. The number of methoxy groups -OCH3 is 1. The minimum atomic E-state index is -0.872. The predicted molar refractivity (Wildman–Crippen MR) is 146 cm³/mol. The Kier molecular flexibility index (Phi) is 10.5. The minimum Gasteiger partial charge on any atom is -0.497 e. The topological polar surface area (TPSA) is 104 Å². The molecule has 0 unspecified atom stereocenters. The van der Waals surface area contributed by atoms with Crippen LogP contribution >= 0.6 is 0 Å². The van der Waals surface area contributed by atoms with Crippen LogP contribution in [0.25, 0.3) is 0 Å². The zero-order valence-corrected chi connectivity index (χ0v) is 22.3. The van der Waals surface area contributed by atoms with Gasteiger partial charge in [-0.15, -0.1) is 0 Å². The van der Waals surface area contributed by atoms with Gasteiger partial charge in [-0.25, -0.2) is 9.59 Å². The average Bonchev–Trinajstić information content (AvgIpc) is 2.99. The number of hydrogen-bond donors (Lipinski definition) is 1. The lowest BCUT2D eigenvalue weighted by molar-refractivity contribution is 0.00892. The summed E-state index contributed by atoms with van der Waals surface area (Å²) >= 11 is 0. The van der Waals surface area contributed by atoms with E-state index in [-0.39, 0.29) is 39.5 Å². The molecular formula is C31H33NO8. The molecule has 0 bridgehead atoms. The fraction of sp³-hybridized carbons (Fsp3) is 0.290. The first-order valence-electron chi connectivity index (χ1n) is 12.9. The Hall–Kier alpha value is -4.34. The van der Waals surface area contributed by atoms with E-state index in [4.69, 9.17) is 23.7 Å². The van der Waals surface area contributed by atoms with Crippen molar-refractivity contribution in [3.05, 3.63) is 113 Å². The SMILES string of the molecule is COc1ccc(COCC2=C[C@@H](O)C[C@H](COC(=O)OCc3ccccc3)N2C(=O)OCc2ccccc2)cc1. The molecule has 0 aliphatic carbocycles. The zero-order chi connectivity index (χ0) is 28.2. The molecule has 1 heterocycles. The average molecular weight is 548 g/mol. The maximum atomic E-state index is 13.3. The van der Waals surface area contributed by atoms with Crippen molar-refractivity contribution in [1.29, 1.82) is 0 Å². The molecular weight excluding hydrogens is 514 g/mol. The molecule has 0 saturated carbocycles. The molecule has 1 aliphatic rings. The van der Waals surface area contributed by atoms with Crippen LogP contribution in [0, 0.1) is 0 Å². The summed E-state index contributed by atoms with van der Waals surface area (Å²) < 4.78 is 27.2. The van der Waals surface area contributed by atoms with Crippen molar-refractivity contribution in [3.8, 4) is 5.75 Å². The van der Waals surface area contributed by atoms with E-state index in [1.54, 1.807) is 13.2 Å². The molecule has 2 atom stereocenters. The normalized spacial score (nSPS) is 16.6. The molecule has 9 heteroatoms. The van der Waals surface area contributed by atoms with Gasteiger partial charge in [0.2, 0.25) is 0 Å². The lowest BCUT2D eigenvalue weighted by Crippen LogP contribution is -2.48. The molecule has 0 aromatic heterocycles. The molecule has 0 fully saturated rings. The number of carbonyl (C=O) groups is 2. The number of benzene rings is 3. The van der Waals surface area contributed by atoms with E-state index in [1.165, 1.54) is 4.90 Å². The van der Waals surface area contributed by atoms with E-state index < -0.39 is 24.4 Å². The maximum Gasteiger partial charge on any atom is 0.508 e. The fourth-order valence-corrected chi connectivity index (χ4v) is 4.22. The second-order valence-electron chi connectivity index (χ2n) is 9.20. The number of carbonyl (C=O) groups excluding carboxylic acids is 2. The molecule has 0 radical (unpaired) electrons. The Bertz CT molecular complexity index is 1250. The van der Waals surface area contributed by atoms with Crippen molar-refractivity contribution >= 4 is 12.2 Å². The van der Waals surface area contributed by atoms with Gasteiger partial charge in [0.25, 0.3) is 0 Å². The van der Waals surface area contributed by atoms with Gasteiger partial charge in [-0.1, -0.05) is 72.8 Å². The van der Waals surface area contributed by atoms with Gasteiger partial charge >= 0.3 is 12.2 Å². The number of hydrogen-bond acceptors (Lipinski definition) is 8. The van der Waals surface area contributed by atoms with Crippen LogP contribution in [0.3, 0.4) is 0 Å². The molecule has 3 aromatic carbocycles. The van der Waals surface area contributed by atoms with E-state index in [2.05, 4.69) is 0 Å². The Labute approximate surface area is 233 Å². The lowest BCUT2D eigenvalue weighted by atomic mass is 10.0. The Morgan fingerprint density at radius 1 is 0.775 bits per heavy atom. The van der Waals surface area contributed by atoms with Crippen molar-refractivity contribution < 1.29 is 38.4 Å². The van der Waals surface area contributed by atoms with Crippen molar-refractivity contribution in [1.82, 2.24) is 4.90 Å². The van der Waals surface area contributed by atoms with Crippen LogP contribution in [0.1, 0.15) is 23.1 Å². The van der Waals surface area contributed by atoms with Crippen LogP contribution < -0.4 is 4.74 Å². The third kappa shape index (κ3) is 8.59. The summed E-state index contributed by atoms with van der Waals surface area (Å²) in [5.41, 5.74) is 2.97. The third-order valence-electron chi connectivity index (χ3n) is 6.25. The van der Waals surface area contributed by atoms with E-state index in [9.17, 15) is 14.7 Å². The molecule has 1 aliphatic heterocycles. The van der Waals surface area contributed by atoms with E-state index in [1.807, 2.05) is 84.9 Å². The summed E-state index contributed by atoms with van der Waals surface area (Å²) in [6.07, 6.45) is -0.674. The predicted octanol–water partition coefficient (Wildman–Crippen LogP) is 5.22. The van der Waals surface area contributed by atoms with E-state index in [0.29, 0.717) is 5.70 Å². The highest BCUT2D eigenvalue weighted by Gasteiger charge is 2.35. The molecule has 1 amide bonds. The molecule has 0 saturated heterocycles. The first-order chi connectivity index (χ1) is 19.5. The molecule has 9 nitrogen and oxygen atoms in total. The van der Waals surface area contributed by atoms with Crippen LogP contribution in [0.4, 0.5) is 9.59 Å². The standard InChI is InChI=1S/C31H33NO8/c1-36-29-14-12-25(13-15-29)18-37-21-26-16-28(33)17-27(22-40-31(35)39-20-24-10-6-3-7-11-24)32(26)30(34)38-19-23-8-4-2-5-9-23/h2-16,27-28,33H,17-22H2,1H3/t27-,28-/m1/s1. The van der Waals surface area contributed by atoms with Crippen LogP contribution in [0.2, 0.25) is 0 Å². The third-order valence-corrected chi connectivity index (χ3v) is 6.25. The monoisotopic (exact) mass is 547 g/mol. The summed E-state index contributed by atoms with van der Waals surface area (Å²) in [6, 6.07) is 25.3. The van der Waals surface area contributed by atoms with Gasteiger partial charge < -0.3 is 28.8 Å². The summed E-state index contributed by atoms with van der Waals surface area (Å²) in [5, 5.41) is 10.6. The second kappa shape index (κ2) is 14.7. The van der Waals surface area contributed by atoms with Gasteiger partial charge in [-0.2, -0.15) is 0 Å². The zero-order valence-electron chi connectivity index (χ0n) is 22.3. The number of nitrogens with zero attached hydrogens (tertiary/aromatic N) is 1. The maximum absolute atomic E-state index is 13.3. The number of rotatable bonds is 11. The molecule has 1 N–H and O–H groups in total. The fourth-order valence-electron chi connectivity index (χ4n) is 4.22. The van der Waals surface area contributed by atoms with E-state index in [0.717, 1.165) is 22.4 Å². The van der Waals surface area contributed by atoms with Gasteiger partial charge in [0.15, 0.2) is 0 Å². The molecule has 0 spiro atoms. The van der Waals surface area contributed by atoms with Gasteiger partial charge in [-0.05, 0) is 34.9 Å². The minimum absolute atomic E-state index is 0.0263. The van der Waals surface area contributed by atoms with Gasteiger partial charge in [0.1, 0.15) is 25.6 Å². The Morgan fingerprint density at radius 3 is 2.00 bits per heavy atom. The highest BCUT2D eigenvalue weighted by molar-refractivity contribution is 5.71. The number of amides is 1. The summed E-state index contributed by atoms with van der Waals surface area (Å²) in [6.45, 7) is 0.224. The smallest absolute Gasteiger partial charge is 0.497 e. The highest BCUT2D eigenvalue weighted by Crippen LogP contribution is 2.25. The number of ether oxygens (including phenoxy) is 5. The summed E-state index contributed by atoms with van der Waals surface area (Å²) in [4.78, 5) is 27.0. The van der Waals surface area contributed by atoms with Gasteiger partial charge in [-0.3, -0.25) is 4.90 Å². The molecule has 4 rings (SSSR count). The number of aliphatic hydroxyl groups excluding tert-OH is 1. The molecule has 40 heavy (non-hydrogen) atoms. The first kappa shape index (κ1) is 28.7. The summed E-state index contributed by atoms with van der Waals surface area (Å²) in [5.74, 6) is 0.735. The van der Waals surface area contributed by atoms with Crippen LogP contribution in [-0.4, -0.2) is 54.7 Å². The van der Waals surface area contributed by atoms with Crippen LogP contribution in [-0.2, 0) is 38.8 Å². The summed E-state index contributed by atoms with van der Waals surface area (Å²) in [7, 11) is 1.60. The second-order valence-corrected chi connectivity index (χ2v) is 9.20. The Morgan fingerprint density at radius 2 is 1.38 bits per heavy atom. The lowest BCUT2D eigenvalue weighted by Gasteiger charge is -2.36. The molecule has 3 aromatic rings. The van der Waals surface area contributed by atoms with Crippen molar-refractivity contribution in [3.63, 3.8) is 0 Å². The van der Waals surface area contributed by atoms with Crippen molar-refractivity contribution in [2.45, 2.75) is 38.4 Å². The van der Waals surface area contributed by atoms with E-state index >= 15 is 0 Å². The Balaban J connectivity index is 1.40. The largest absolute Gasteiger partial charge is 0.508 e. The quantitative estimate of drug-likeness (QED) is 0.326.